The van der Waals surface area contributed by atoms with Crippen LogP contribution >= 0.6 is 0 Å². The third kappa shape index (κ3) is 9.12. The molecule has 0 saturated heterocycles. The van der Waals surface area contributed by atoms with Gasteiger partial charge in [-0.15, -0.1) is 0 Å². The zero-order chi connectivity index (χ0) is 57.0. The fraction of sp³-hybridized carbons (Fsp3) is 0.323. The number of fused-ring (bicyclic) bond motifs is 1. The second kappa shape index (κ2) is 17.2. The summed E-state index contributed by atoms with van der Waals surface area (Å²) in [6, 6.07) is 28.5. The molecule has 0 unspecified atom stereocenters. The van der Waals surface area contributed by atoms with Gasteiger partial charge in [-0.1, -0.05) is 168 Å². The molecule has 8 aromatic rings. The second-order valence-electron chi connectivity index (χ2n) is 21.3. The summed E-state index contributed by atoms with van der Waals surface area (Å²) in [5, 5.41) is 12.6. The summed E-state index contributed by atoms with van der Waals surface area (Å²) in [5.41, 5.74) is 8.88. The minimum Gasteiger partial charge on any atom is -0.507 e. The lowest BCUT2D eigenvalue weighted by Crippen LogP contribution is -2.17. The van der Waals surface area contributed by atoms with Crippen LogP contribution in [0.4, 0.5) is 0 Å². The Kier molecular flexibility index (Phi) is 8.88. The first-order valence-electron chi connectivity index (χ1n) is 28.3. The molecule has 2 heterocycles. The number of rotatable bonds is 8. The molecule has 0 aliphatic heterocycles. The van der Waals surface area contributed by atoms with Crippen molar-refractivity contribution >= 4 is 11.0 Å². The molecule has 0 fully saturated rings. The number of imidazole rings is 1. The van der Waals surface area contributed by atoms with E-state index < -0.39 is 60.2 Å². The van der Waals surface area contributed by atoms with Crippen LogP contribution in [0.2, 0.25) is 0 Å². The lowest BCUT2D eigenvalue weighted by Gasteiger charge is -2.27. The standard InChI is InChI=1S/C62H69N3O/c1-37(2)44-28-45(38(3)4)30-46(29-44)42-23-24-55(40(6)27-42)65-56-18-16-17-51(57(56)64-59(65)52-35-50(61(10,11)12)36-53(58(52)66)62(13,14)15)47-31-48(33-49(32-47)60(7,8)9)54-34-43(25-26-63-54)41-21-19-39(5)20-22-41/h16-38,66H,1-15H3/i5D3,6D3,19D,20D,21D,22D,37D. The van der Waals surface area contributed by atoms with E-state index in [-0.39, 0.29) is 28.2 Å². The third-order valence-electron chi connectivity index (χ3n) is 12.6. The number of hydrogen-bond acceptors (Lipinski definition) is 3. The SMILES string of the molecule is [2H]c1c([2H])c(C([2H])([2H])[2H])c([2H])c([2H])c1-c1ccnc(-c2cc(-c3cccc4c3nc(-c3cc(C(C)(C)C)cc(C(C)(C)C)c3O)n4-c3ccc(-c4cc(C(C)C)cc(C([2H])(C)C)c4)cc3C([2H])([2H])[2H])cc(C(C)(C)C)c2)c1. The highest BCUT2D eigenvalue weighted by molar-refractivity contribution is 5.97. The summed E-state index contributed by atoms with van der Waals surface area (Å²) < 4.78 is 97.0. The maximum absolute atomic E-state index is 12.6. The Bertz CT molecular complexity index is 3600. The van der Waals surface area contributed by atoms with Crippen LogP contribution in [-0.2, 0) is 16.2 Å². The highest BCUT2D eigenvalue weighted by atomic mass is 16.3. The van der Waals surface area contributed by atoms with Crippen molar-refractivity contribution in [2.45, 2.75) is 132 Å². The Morgan fingerprint density at radius 2 is 1.29 bits per heavy atom. The minimum atomic E-state index is -2.86. The normalized spacial score (nSPS) is 15.5. The Balaban J connectivity index is 1.44. The molecule has 4 nitrogen and oxygen atoms in total. The van der Waals surface area contributed by atoms with Gasteiger partial charge in [0.2, 0.25) is 0 Å². The van der Waals surface area contributed by atoms with Crippen LogP contribution in [0.1, 0.15) is 156 Å². The fourth-order valence-corrected chi connectivity index (χ4v) is 8.48. The number of aromatic hydroxyl groups is 1. The molecule has 6 aromatic carbocycles. The number of hydrogen-bond donors (Lipinski definition) is 1. The number of para-hydroxylation sites is 1. The predicted octanol–water partition coefficient (Wildman–Crippen LogP) is 17.2. The van der Waals surface area contributed by atoms with Gasteiger partial charge in [0.25, 0.3) is 0 Å². The van der Waals surface area contributed by atoms with Crippen LogP contribution in [0.25, 0.3) is 72.7 Å². The van der Waals surface area contributed by atoms with E-state index in [0.29, 0.717) is 61.6 Å². The van der Waals surface area contributed by atoms with E-state index in [1.807, 2.05) is 99.8 Å². The summed E-state index contributed by atoms with van der Waals surface area (Å²) in [6.07, 6.45) is 1.53. The van der Waals surface area contributed by atoms with Crippen molar-refractivity contribution in [1.82, 2.24) is 14.5 Å². The zero-order valence-electron chi connectivity index (χ0n) is 51.7. The number of benzene rings is 6. The van der Waals surface area contributed by atoms with Gasteiger partial charge >= 0.3 is 0 Å². The molecule has 0 aliphatic rings. The van der Waals surface area contributed by atoms with Crippen LogP contribution in [0.5, 0.6) is 5.75 Å². The topological polar surface area (TPSA) is 50.9 Å². The predicted molar refractivity (Wildman–Crippen MR) is 281 cm³/mol. The van der Waals surface area contributed by atoms with Crippen molar-refractivity contribution < 1.29 is 20.2 Å². The number of aromatic nitrogens is 3. The Labute approximate surface area is 410 Å². The first-order chi connectivity index (χ1) is 35.4. The Morgan fingerprint density at radius 1 is 0.606 bits per heavy atom. The van der Waals surface area contributed by atoms with Crippen molar-refractivity contribution in [3.63, 3.8) is 0 Å². The average Bonchev–Trinajstić information content (AvgIpc) is 3.74. The number of phenolic OH excluding ortho intramolecular Hbond substituents is 1. The van der Waals surface area contributed by atoms with Crippen molar-refractivity contribution in [3.8, 4) is 67.5 Å². The van der Waals surface area contributed by atoms with Gasteiger partial charge in [0.05, 0.1) is 33.5 Å². The lowest BCUT2D eigenvalue weighted by molar-refractivity contribution is 0.446. The summed E-state index contributed by atoms with van der Waals surface area (Å²) in [5.74, 6) is -0.384. The van der Waals surface area contributed by atoms with E-state index in [4.69, 9.17) is 25.0 Å². The van der Waals surface area contributed by atoms with Gasteiger partial charge in [-0.2, -0.15) is 0 Å². The van der Waals surface area contributed by atoms with Crippen molar-refractivity contribution in [3.05, 3.63) is 166 Å². The quantitative estimate of drug-likeness (QED) is 0.165. The maximum atomic E-state index is 12.6. The third-order valence-corrected chi connectivity index (χ3v) is 12.6. The fourth-order valence-electron chi connectivity index (χ4n) is 8.48. The van der Waals surface area contributed by atoms with Crippen molar-refractivity contribution in [2.75, 3.05) is 0 Å². The van der Waals surface area contributed by atoms with Crippen LogP contribution in [0.15, 0.2) is 127 Å². The van der Waals surface area contributed by atoms with Crippen LogP contribution in [-0.4, -0.2) is 19.6 Å². The van der Waals surface area contributed by atoms with E-state index in [2.05, 4.69) is 73.6 Å². The molecule has 0 bridgehead atoms. The molecule has 0 aliphatic carbocycles. The smallest absolute Gasteiger partial charge is 0.149 e. The molecular weight excluding hydrogens is 803 g/mol. The van der Waals surface area contributed by atoms with Crippen LogP contribution in [0, 0.1) is 13.7 Å². The summed E-state index contributed by atoms with van der Waals surface area (Å²) in [7, 11) is 0. The highest BCUT2D eigenvalue weighted by Gasteiger charge is 2.29. The number of phenols is 1. The van der Waals surface area contributed by atoms with Crippen molar-refractivity contribution in [2.24, 2.45) is 0 Å². The van der Waals surface area contributed by atoms with E-state index >= 15 is 0 Å². The first-order valence-corrected chi connectivity index (χ1v) is 22.8. The largest absolute Gasteiger partial charge is 0.507 e. The minimum absolute atomic E-state index is 0.0319. The summed E-state index contributed by atoms with van der Waals surface area (Å²) in [6.45, 7) is 21.2. The molecule has 338 valence electrons. The maximum Gasteiger partial charge on any atom is 0.149 e. The molecule has 4 heteroatoms. The highest BCUT2D eigenvalue weighted by Crippen LogP contribution is 2.45. The first kappa shape index (κ1) is 34.1. The molecule has 0 saturated carbocycles. The number of aryl methyl sites for hydroxylation is 1. The average molecular weight is 883 g/mol. The number of pyridine rings is 1. The molecule has 66 heavy (non-hydrogen) atoms. The van der Waals surface area contributed by atoms with Gasteiger partial charge in [-0.25, -0.2) is 4.98 Å². The van der Waals surface area contributed by atoms with E-state index in [1.54, 1.807) is 18.2 Å². The van der Waals surface area contributed by atoms with E-state index in [0.717, 1.165) is 33.4 Å². The van der Waals surface area contributed by atoms with Gasteiger partial charge in [0, 0.05) is 32.5 Å². The molecule has 0 spiro atoms. The van der Waals surface area contributed by atoms with Crippen molar-refractivity contribution in [1.29, 1.82) is 0 Å². The molecule has 0 atom stereocenters. The lowest BCUT2D eigenvalue weighted by atomic mass is 9.79. The molecular formula is C62H69N3O. The zero-order valence-corrected chi connectivity index (χ0v) is 40.7. The number of nitrogens with zero attached hydrogens (tertiary/aromatic N) is 3. The van der Waals surface area contributed by atoms with Gasteiger partial charge in [-0.3, -0.25) is 9.55 Å². The van der Waals surface area contributed by atoms with Gasteiger partial charge in [0.1, 0.15) is 11.6 Å². The van der Waals surface area contributed by atoms with Gasteiger partial charge in [0.15, 0.2) is 0 Å². The summed E-state index contributed by atoms with van der Waals surface area (Å²) in [4.78, 5) is 10.2. The molecule has 8 rings (SSSR count). The van der Waals surface area contributed by atoms with Crippen LogP contribution in [0.3, 0.4) is 0 Å². The summed E-state index contributed by atoms with van der Waals surface area (Å²) >= 11 is 0. The molecule has 2 aromatic heterocycles. The van der Waals surface area contributed by atoms with Crippen LogP contribution < -0.4 is 0 Å². The molecule has 1 N–H and O–H groups in total. The van der Waals surface area contributed by atoms with Gasteiger partial charge in [-0.05, 0) is 146 Å². The molecule has 0 amide bonds. The monoisotopic (exact) mass is 883 g/mol. The Morgan fingerprint density at radius 3 is 1.94 bits per heavy atom. The molecule has 0 radical (unpaired) electrons. The second-order valence-corrected chi connectivity index (χ2v) is 21.3. The van der Waals surface area contributed by atoms with E-state index in [9.17, 15) is 5.11 Å². The Hall–Kier alpha value is -6.26. The van der Waals surface area contributed by atoms with Gasteiger partial charge < -0.3 is 5.11 Å². The van der Waals surface area contributed by atoms with E-state index in [1.165, 1.54) is 6.20 Å².